The van der Waals surface area contributed by atoms with Gasteiger partial charge in [0.15, 0.2) is 15.7 Å². The average Bonchev–Trinajstić information content (AvgIpc) is 3.29. The van der Waals surface area contributed by atoms with Gasteiger partial charge in [-0.3, -0.25) is 4.79 Å². The second-order valence-corrected chi connectivity index (χ2v) is 8.10. The van der Waals surface area contributed by atoms with E-state index in [9.17, 15) is 13.2 Å². The van der Waals surface area contributed by atoms with Crippen LogP contribution in [-0.4, -0.2) is 24.2 Å². The van der Waals surface area contributed by atoms with E-state index in [2.05, 4.69) is 10.3 Å². The molecule has 1 N–H and O–H groups in total. The van der Waals surface area contributed by atoms with E-state index in [0.717, 1.165) is 24.0 Å². The van der Waals surface area contributed by atoms with Gasteiger partial charge in [0.05, 0.1) is 5.75 Å². The van der Waals surface area contributed by atoms with E-state index >= 15 is 0 Å². The quantitative estimate of drug-likeness (QED) is 0.871. The van der Waals surface area contributed by atoms with E-state index in [-0.39, 0.29) is 11.3 Å². The summed E-state index contributed by atoms with van der Waals surface area (Å²) >= 11 is 0. The molecule has 1 aliphatic carbocycles. The zero-order valence-electron chi connectivity index (χ0n) is 12.9. The molecule has 0 saturated heterocycles. The van der Waals surface area contributed by atoms with Crippen LogP contribution in [0.1, 0.15) is 30.0 Å². The van der Waals surface area contributed by atoms with Crippen LogP contribution in [0, 0.1) is 0 Å². The van der Waals surface area contributed by atoms with Crippen LogP contribution >= 0.6 is 0 Å². The molecule has 23 heavy (non-hydrogen) atoms. The fraction of sp³-hybridized carbons (Fsp3) is 0.375. The number of nitrogens with zero attached hydrogens (tertiary/aromatic N) is 2. The molecule has 0 spiro atoms. The van der Waals surface area contributed by atoms with Crippen LogP contribution in [-0.2, 0) is 22.1 Å². The maximum Gasteiger partial charge on any atom is 0.293 e. The Kier molecular flexibility index (Phi) is 4.21. The summed E-state index contributed by atoms with van der Waals surface area (Å²) in [5.74, 6) is 0.340. The van der Waals surface area contributed by atoms with Gasteiger partial charge in [-0.1, -0.05) is 24.3 Å². The molecule has 6 nitrogen and oxygen atoms in total. The minimum atomic E-state index is -3.06. The average molecular weight is 333 g/mol. The first kappa shape index (κ1) is 15.7. The summed E-state index contributed by atoms with van der Waals surface area (Å²) in [5.41, 5.74) is 1.54. The monoisotopic (exact) mass is 333 g/mol. The van der Waals surface area contributed by atoms with Gasteiger partial charge >= 0.3 is 0 Å². The summed E-state index contributed by atoms with van der Waals surface area (Å²) in [7, 11) is -3.06. The van der Waals surface area contributed by atoms with Crippen LogP contribution in [0.3, 0.4) is 0 Å². The molecule has 0 radical (unpaired) electrons. The number of benzene rings is 1. The molecule has 0 amide bonds. The Bertz CT molecular complexity index is 870. The molecule has 1 heterocycles. The van der Waals surface area contributed by atoms with Gasteiger partial charge in [-0.15, -0.1) is 0 Å². The fourth-order valence-electron chi connectivity index (χ4n) is 2.50. The number of rotatable bonds is 6. The van der Waals surface area contributed by atoms with Gasteiger partial charge < -0.3 is 9.88 Å². The lowest BCUT2D eigenvalue weighted by molar-refractivity contribution is 0.601. The third-order valence-corrected chi connectivity index (χ3v) is 4.55. The third kappa shape index (κ3) is 4.19. The zero-order valence-corrected chi connectivity index (χ0v) is 13.7. The molecule has 1 saturated carbocycles. The zero-order chi connectivity index (χ0) is 16.4. The molecule has 2 aromatic rings. The largest absolute Gasteiger partial charge is 0.361 e. The molecular weight excluding hydrogens is 314 g/mol. The maximum atomic E-state index is 12.3. The normalized spacial score (nSPS) is 14.7. The van der Waals surface area contributed by atoms with Gasteiger partial charge in [0.1, 0.15) is 0 Å². The maximum absolute atomic E-state index is 12.3. The summed E-state index contributed by atoms with van der Waals surface area (Å²) in [6, 6.07) is 7.63. The minimum Gasteiger partial charge on any atom is -0.361 e. The predicted octanol–water partition coefficient (Wildman–Crippen LogP) is 1.73. The molecular formula is C16H19N3O3S. The Labute approximate surface area is 135 Å². The van der Waals surface area contributed by atoms with Crippen LogP contribution < -0.4 is 10.9 Å². The lowest BCUT2D eigenvalue weighted by Crippen LogP contribution is -2.23. The molecule has 1 aromatic carbocycles. The van der Waals surface area contributed by atoms with Crippen LogP contribution in [0.4, 0.5) is 5.82 Å². The van der Waals surface area contributed by atoms with Crippen molar-refractivity contribution < 1.29 is 8.42 Å². The van der Waals surface area contributed by atoms with Gasteiger partial charge in [-0.25, -0.2) is 13.4 Å². The van der Waals surface area contributed by atoms with Crippen molar-refractivity contribution in [2.45, 2.75) is 31.2 Å². The summed E-state index contributed by atoms with van der Waals surface area (Å²) in [6.07, 6.45) is 6.64. The Morgan fingerprint density at radius 1 is 1.30 bits per heavy atom. The van der Waals surface area contributed by atoms with E-state index in [4.69, 9.17) is 0 Å². The number of hydrogen-bond acceptors (Lipinski definition) is 5. The second kappa shape index (κ2) is 6.16. The molecule has 0 bridgehead atoms. The van der Waals surface area contributed by atoms with Crippen molar-refractivity contribution in [1.82, 2.24) is 9.55 Å². The Hall–Kier alpha value is -2.15. The van der Waals surface area contributed by atoms with E-state index < -0.39 is 9.84 Å². The number of nitrogens with one attached hydrogen (secondary N) is 1. The van der Waals surface area contributed by atoms with Crippen molar-refractivity contribution >= 4 is 15.7 Å². The van der Waals surface area contributed by atoms with Gasteiger partial charge in [-0.05, 0) is 24.0 Å². The Morgan fingerprint density at radius 2 is 2.04 bits per heavy atom. The smallest absolute Gasteiger partial charge is 0.293 e. The highest BCUT2D eigenvalue weighted by atomic mass is 32.2. The Morgan fingerprint density at radius 3 is 2.74 bits per heavy atom. The predicted molar refractivity (Wildman–Crippen MR) is 89.1 cm³/mol. The van der Waals surface area contributed by atoms with E-state index in [1.807, 2.05) is 18.2 Å². The first-order chi connectivity index (χ1) is 10.9. The van der Waals surface area contributed by atoms with Crippen molar-refractivity contribution in [1.29, 1.82) is 0 Å². The van der Waals surface area contributed by atoms with E-state index in [1.54, 1.807) is 23.0 Å². The Balaban J connectivity index is 1.72. The van der Waals surface area contributed by atoms with E-state index in [0.29, 0.717) is 18.4 Å². The topological polar surface area (TPSA) is 81.1 Å². The van der Waals surface area contributed by atoms with E-state index in [1.165, 1.54) is 6.26 Å². The van der Waals surface area contributed by atoms with Crippen LogP contribution in [0.5, 0.6) is 0 Å². The van der Waals surface area contributed by atoms with Gasteiger partial charge in [0.25, 0.3) is 5.56 Å². The number of hydrogen-bond donors (Lipinski definition) is 1. The van der Waals surface area contributed by atoms with Crippen molar-refractivity contribution in [2.75, 3.05) is 11.6 Å². The van der Waals surface area contributed by atoms with Crippen LogP contribution in [0.25, 0.3) is 0 Å². The summed E-state index contributed by atoms with van der Waals surface area (Å²) in [6.45, 7) is 0.425. The van der Waals surface area contributed by atoms with Crippen LogP contribution in [0.15, 0.2) is 41.5 Å². The van der Waals surface area contributed by atoms with Crippen molar-refractivity contribution in [3.63, 3.8) is 0 Å². The van der Waals surface area contributed by atoms with Crippen LogP contribution in [0.2, 0.25) is 0 Å². The first-order valence-electron chi connectivity index (χ1n) is 7.49. The number of anilines is 1. The highest BCUT2D eigenvalue weighted by Gasteiger charge is 2.25. The molecule has 0 atom stereocenters. The lowest BCUT2D eigenvalue weighted by Gasteiger charge is -2.09. The minimum absolute atomic E-state index is 0.0128. The SMILES string of the molecule is CS(=O)(=O)Cc1cccc(CNc2nccn(C3CC3)c2=O)c1. The van der Waals surface area contributed by atoms with Gasteiger partial charge in [0.2, 0.25) is 0 Å². The highest BCUT2D eigenvalue weighted by molar-refractivity contribution is 7.89. The van der Waals surface area contributed by atoms with Crippen molar-refractivity contribution in [3.8, 4) is 0 Å². The molecule has 7 heteroatoms. The summed E-state index contributed by atoms with van der Waals surface area (Å²) in [4.78, 5) is 16.4. The fourth-order valence-corrected chi connectivity index (χ4v) is 3.29. The highest BCUT2D eigenvalue weighted by Crippen LogP contribution is 2.33. The van der Waals surface area contributed by atoms with Gasteiger partial charge in [0, 0.05) is 31.2 Å². The molecule has 1 aromatic heterocycles. The van der Waals surface area contributed by atoms with Crippen molar-refractivity contribution in [3.05, 3.63) is 58.1 Å². The molecule has 1 fully saturated rings. The third-order valence-electron chi connectivity index (χ3n) is 3.69. The van der Waals surface area contributed by atoms with Gasteiger partial charge in [-0.2, -0.15) is 0 Å². The lowest BCUT2D eigenvalue weighted by atomic mass is 10.1. The number of sulfone groups is 1. The van der Waals surface area contributed by atoms with Crippen molar-refractivity contribution in [2.24, 2.45) is 0 Å². The molecule has 0 unspecified atom stereocenters. The summed E-state index contributed by atoms with van der Waals surface area (Å²) < 4.78 is 24.5. The molecule has 0 aliphatic heterocycles. The standard InChI is InChI=1S/C16H19N3O3S/c1-23(21,22)11-13-4-2-3-12(9-13)10-18-15-16(20)19(8-7-17-15)14-5-6-14/h2-4,7-9,14H,5-6,10-11H2,1H3,(H,17,18). The molecule has 1 aliphatic rings. The molecule has 122 valence electrons. The second-order valence-electron chi connectivity index (χ2n) is 5.96. The first-order valence-corrected chi connectivity index (χ1v) is 9.55. The molecule has 3 rings (SSSR count). The summed E-state index contributed by atoms with van der Waals surface area (Å²) in [5, 5.41) is 3.05. The number of aromatic nitrogens is 2.